The van der Waals surface area contributed by atoms with Crippen LogP contribution in [0.15, 0.2) is 42.5 Å². The number of piperidine rings is 1. The number of benzene rings is 2. The van der Waals surface area contributed by atoms with Crippen molar-refractivity contribution in [2.45, 2.75) is 32.3 Å². The van der Waals surface area contributed by atoms with E-state index in [0.717, 1.165) is 24.5 Å². The van der Waals surface area contributed by atoms with Crippen LogP contribution in [-0.2, 0) is 4.79 Å². The standard InChI is InChI=1S/C20H22Cl2N2O2/c1-14(26-19-10-9-15(21)13-16(19)22)20(25)23-17-7-3-4-8-18(17)24-11-5-2-6-12-24/h3-4,7-10,13-14H,2,5-6,11-12H2,1H3,(H,23,25). The summed E-state index contributed by atoms with van der Waals surface area (Å²) in [7, 11) is 0. The Morgan fingerprint density at radius 3 is 2.58 bits per heavy atom. The topological polar surface area (TPSA) is 41.6 Å². The fraction of sp³-hybridized carbons (Fsp3) is 0.350. The second-order valence-corrected chi connectivity index (χ2v) is 7.23. The second kappa shape index (κ2) is 8.65. The normalized spacial score (nSPS) is 15.4. The van der Waals surface area contributed by atoms with Crippen LogP contribution < -0.4 is 15.0 Å². The molecule has 6 heteroatoms. The summed E-state index contributed by atoms with van der Waals surface area (Å²) in [6, 6.07) is 12.8. The molecule has 0 radical (unpaired) electrons. The summed E-state index contributed by atoms with van der Waals surface area (Å²) in [6.45, 7) is 3.72. The Kier molecular flexibility index (Phi) is 6.28. The van der Waals surface area contributed by atoms with Crippen LogP contribution in [-0.4, -0.2) is 25.1 Å². The van der Waals surface area contributed by atoms with Gasteiger partial charge in [0.05, 0.1) is 16.4 Å². The van der Waals surface area contributed by atoms with E-state index in [4.69, 9.17) is 27.9 Å². The van der Waals surface area contributed by atoms with Gasteiger partial charge in [-0.25, -0.2) is 0 Å². The van der Waals surface area contributed by atoms with Crippen molar-refractivity contribution in [2.75, 3.05) is 23.3 Å². The van der Waals surface area contributed by atoms with Crippen LogP contribution in [0.2, 0.25) is 10.0 Å². The van der Waals surface area contributed by atoms with E-state index in [0.29, 0.717) is 15.8 Å². The average molecular weight is 393 g/mol. The summed E-state index contributed by atoms with van der Waals surface area (Å²) >= 11 is 12.0. The predicted octanol–water partition coefficient (Wildman–Crippen LogP) is 5.39. The molecule has 0 aliphatic carbocycles. The van der Waals surface area contributed by atoms with Crippen LogP contribution in [0.3, 0.4) is 0 Å². The monoisotopic (exact) mass is 392 g/mol. The first kappa shape index (κ1) is 18.9. The second-order valence-electron chi connectivity index (χ2n) is 6.39. The average Bonchev–Trinajstić information content (AvgIpc) is 2.65. The van der Waals surface area contributed by atoms with Gasteiger partial charge in [-0.3, -0.25) is 4.79 Å². The smallest absolute Gasteiger partial charge is 0.265 e. The summed E-state index contributed by atoms with van der Waals surface area (Å²) < 4.78 is 5.70. The summed E-state index contributed by atoms with van der Waals surface area (Å²) in [5, 5.41) is 3.89. The largest absolute Gasteiger partial charge is 0.479 e. The number of amides is 1. The highest BCUT2D eigenvalue weighted by molar-refractivity contribution is 6.35. The minimum absolute atomic E-state index is 0.222. The van der Waals surface area contributed by atoms with Crippen LogP contribution in [0, 0.1) is 0 Å². The van der Waals surface area contributed by atoms with E-state index in [1.165, 1.54) is 19.3 Å². The van der Waals surface area contributed by atoms with E-state index in [1.807, 2.05) is 24.3 Å². The Bertz CT molecular complexity index is 776. The van der Waals surface area contributed by atoms with Gasteiger partial charge in [0.15, 0.2) is 6.10 Å². The first-order valence-electron chi connectivity index (χ1n) is 8.81. The Balaban J connectivity index is 1.69. The third-order valence-electron chi connectivity index (χ3n) is 4.43. The van der Waals surface area contributed by atoms with Crippen LogP contribution in [0.4, 0.5) is 11.4 Å². The highest BCUT2D eigenvalue weighted by Gasteiger charge is 2.20. The molecule has 0 aromatic heterocycles. The van der Waals surface area contributed by atoms with E-state index in [-0.39, 0.29) is 5.91 Å². The maximum atomic E-state index is 12.6. The van der Waals surface area contributed by atoms with Crippen molar-refractivity contribution < 1.29 is 9.53 Å². The zero-order chi connectivity index (χ0) is 18.5. The first-order chi connectivity index (χ1) is 12.5. The lowest BCUT2D eigenvalue weighted by atomic mass is 10.1. The molecule has 0 saturated carbocycles. The number of anilines is 2. The summed E-state index contributed by atoms with van der Waals surface area (Å²) in [6.07, 6.45) is 2.92. The van der Waals surface area contributed by atoms with Gasteiger partial charge in [-0.05, 0) is 56.5 Å². The minimum atomic E-state index is -0.692. The summed E-state index contributed by atoms with van der Waals surface area (Å²) in [5.41, 5.74) is 1.86. The van der Waals surface area contributed by atoms with Crippen molar-refractivity contribution in [3.05, 3.63) is 52.5 Å². The van der Waals surface area contributed by atoms with E-state index in [1.54, 1.807) is 25.1 Å². The molecule has 1 aliphatic heterocycles. The van der Waals surface area contributed by atoms with Gasteiger partial charge in [0, 0.05) is 18.1 Å². The lowest BCUT2D eigenvalue weighted by molar-refractivity contribution is -0.122. The van der Waals surface area contributed by atoms with Gasteiger partial charge in [-0.15, -0.1) is 0 Å². The molecular formula is C20H22Cl2N2O2. The molecule has 1 aliphatic rings. The molecule has 3 rings (SSSR count). The van der Waals surface area contributed by atoms with Gasteiger partial charge in [-0.2, -0.15) is 0 Å². The van der Waals surface area contributed by atoms with Gasteiger partial charge in [0.25, 0.3) is 5.91 Å². The number of carbonyl (C=O) groups excluding carboxylic acids is 1. The van der Waals surface area contributed by atoms with Gasteiger partial charge < -0.3 is 15.0 Å². The first-order valence-corrected chi connectivity index (χ1v) is 9.57. The van der Waals surface area contributed by atoms with Crippen LogP contribution in [0.25, 0.3) is 0 Å². The number of hydrogen-bond donors (Lipinski definition) is 1. The zero-order valence-corrected chi connectivity index (χ0v) is 16.2. The molecule has 0 spiro atoms. The van der Waals surface area contributed by atoms with E-state index >= 15 is 0 Å². The maximum Gasteiger partial charge on any atom is 0.265 e. The zero-order valence-electron chi connectivity index (χ0n) is 14.7. The van der Waals surface area contributed by atoms with Crippen LogP contribution >= 0.6 is 23.2 Å². The molecule has 1 fully saturated rings. The Morgan fingerprint density at radius 1 is 1.12 bits per heavy atom. The molecule has 4 nitrogen and oxygen atoms in total. The van der Waals surface area contributed by atoms with E-state index in [2.05, 4.69) is 10.2 Å². The van der Waals surface area contributed by atoms with Gasteiger partial charge in [0.2, 0.25) is 0 Å². The fourth-order valence-corrected chi connectivity index (χ4v) is 3.49. The predicted molar refractivity (Wildman–Crippen MR) is 108 cm³/mol. The summed E-state index contributed by atoms with van der Waals surface area (Å²) in [4.78, 5) is 14.9. The van der Waals surface area contributed by atoms with Crippen LogP contribution in [0.5, 0.6) is 5.75 Å². The Morgan fingerprint density at radius 2 is 1.85 bits per heavy atom. The van der Waals surface area contributed by atoms with Crippen molar-refractivity contribution in [1.29, 1.82) is 0 Å². The number of ether oxygens (including phenoxy) is 1. The van der Waals surface area contributed by atoms with Gasteiger partial charge in [-0.1, -0.05) is 35.3 Å². The quantitative estimate of drug-likeness (QED) is 0.741. The highest BCUT2D eigenvalue weighted by Crippen LogP contribution is 2.30. The van der Waals surface area contributed by atoms with Crippen molar-refractivity contribution in [1.82, 2.24) is 0 Å². The lowest BCUT2D eigenvalue weighted by Crippen LogP contribution is -2.33. The lowest BCUT2D eigenvalue weighted by Gasteiger charge is -2.30. The van der Waals surface area contributed by atoms with E-state index in [9.17, 15) is 4.79 Å². The molecule has 1 saturated heterocycles. The Labute approximate surface area is 164 Å². The number of para-hydroxylation sites is 2. The molecular weight excluding hydrogens is 371 g/mol. The molecule has 0 bridgehead atoms. The number of hydrogen-bond acceptors (Lipinski definition) is 3. The van der Waals surface area contributed by atoms with Gasteiger partial charge >= 0.3 is 0 Å². The van der Waals surface area contributed by atoms with Crippen molar-refractivity contribution in [3.63, 3.8) is 0 Å². The van der Waals surface area contributed by atoms with Crippen molar-refractivity contribution >= 4 is 40.5 Å². The number of rotatable bonds is 5. The number of nitrogens with zero attached hydrogens (tertiary/aromatic N) is 1. The minimum Gasteiger partial charge on any atom is -0.479 e. The van der Waals surface area contributed by atoms with Crippen LogP contribution in [0.1, 0.15) is 26.2 Å². The molecule has 1 amide bonds. The highest BCUT2D eigenvalue weighted by atomic mass is 35.5. The van der Waals surface area contributed by atoms with E-state index < -0.39 is 6.10 Å². The molecule has 2 aromatic carbocycles. The molecule has 1 heterocycles. The third-order valence-corrected chi connectivity index (χ3v) is 4.96. The van der Waals surface area contributed by atoms with Gasteiger partial charge in [0.1, 0.15) is 5.75 Å². The van der Waals surface area contributed by atoms with Crippen molar-refractivity contribution in [2.24, 2.45) is 0 Å². The number of carbonyl (C=O) groups is 1. The Hall–Kier alpha value is -1.91. The molecule has 2 aromatic rings. The fourth-order valence-electron chi connectivity index (χ4n) is 3.04. The summed E-state index contributed by atoms with van der Waals surface area (Å²) in [5.74, 6) is 0.212. The van der Waals surface area contributed by atoms with Crippen molar-refractivity contribution in [3.8, 4) is 5.75 Å². The third kappa shape index (κ3) is 4.63. The SMILES string of the molecule is CC(Oc1ccc(Cl)cc1Cl)C(=O)Nc1ccccc1N1CCCCC1. The molecule has 138 valence electrons. The molecule has 26 heavy (non-hydrogen) atoms. The molecule has 1 atom stereocenters. The maximum absolute atomic E-state index is 12.6. The molecule has 1 unspecified atom stereocenters. The number of halogens is 2. The number of nitrogens with one attached hydrogen (secondary N) is 1. The molecule has 1 N–H and O–H groups in total.